The molecule has 146 valence electrons. The number of amides is 1. The van der Waals surface area contributed by atoms with E-state index < -0.39 is 0 Å². The van der Waals surface area contributed by atoms with Crippen molar-refractivity contribution >= 4 is 17.5 Å². The highest BCUT2D eigenvalue weighted by atomic mass is 35.5. The molecule has 0 radical (unpaired) electrons. The zero-order valence-corrected chi connectivity index (χ0v) is 16.8. The maximum Gasteiger partial charge on any atom is 0.254 e. The summed E-state index contributed by atoms with van der Waals surface area (Å²) in [4.78, 5) is 14.9. The predicted molar refractivity (Wildman–Crippen MR) is 113 cm³/mol. The summed E-state index contributed by atoms with van der Waals surface area (Å²) < 4.78 is 7.31. The Kier molecular flexibility index (Phi) is 7.29. The normalized spacial score (nSPS) is 10.8. The lowest BCUT2D eigenvalue weighted by atomic mass is 10.2. The molecule has 0 fully saturated rings. The van der Waals surface area contributed by atoms with E-state index in [0.717, 1.165) is 22.7 Å². The Hall–Kier alpha value is -2.56. The van der Waals surface area contributed by atoms with Crippen molar-refractivity contribution < 1.29 is 9.53 Å². The molecule has 0 atom stereocenters. The SMILES string of the molecule is COCCCN(Cc1cccn1Cc1ccccc1Cl)C(=O)c1ccccc1. The zero-order chi connectivity index (χ0) is 19.8. The molecule has 0 aliphatic rings. The highest BCUT2D eigenvalue weighted by Crippen LogP contribution is 2.19. The monoisotopic (exact) mass is 396 g/mol. The second-order valence-electron chi connectivity index (χ2n) is 6.66. The molecule has 0 bridgehead atoms. The van der Waals surface area contributed by atoms with Gasteiger partial charge in [0.05, 0.1) is 6.54 Å². The number of carbonyl (C=O) groups excluding carboxylic acids is 1. The van der Waals surface area contributed by atoms with E-state index >= 15 is 0 Å². The molecule has 1 amide bonds. The van der Waals surface area contributed by atoms with Crippen molar-refractivity contribution in [1.29, 1.82) is 0 Å². The number of methoxy groups -OCH3 is 1. The standard InChI is InChI=1S/C23H25ClN2O2/c1-28-16-8-15-26(23(27)19-9-3-2-4-10-19)18-21-12-7-14-25(21)17-20-11-5-6-13-22(20)24/h2-7,9-14H,8,15-18H2,1H3. The van der Waals surface area contributed by atoms with Crippen LogP contribution >= 0.6 is 11.6 Å². The van der Waals surface area contributed by atoms with Gasteiger partial charge in [0.2, 0.25) is 0 Å². The topological polar surface area (TPSA) is 34.5 Å². The lowest BCUT2D eigenvalue weighted by molar-refractivity contribution is 0.0720. The fraction of sp³-hybridized carbons (Fsp3) is 0.261. The number of rotatable bonds is 9. The van der Waals surface area contributed by atoms with Gasteiger partial charge in [-0.05, 0) is 42.3 Å². The molecule has 0 spiro atoms. The van der Waals surface area contributed by atoms with Crippen molar-refractivity contribution in [3.63, 3.8) is 0 Å². The Morgan fingerprint density at radius 3 is 2.54 bits per heavy atom. The van der Waals surface area contributed by atoms with E-state index in [0.29, 0.717) is 31.8 Å². The first kappa shape index (κ1) is 20.2. The Morgan fingerprint density at radius 2 is 1.79 bits per heavy atom. The minimum atomic E-state index is 0.0298. The van der Waals surface area contributed by atoms with Gasteiger partial charge in [0.15, 0.2) is 0 Å². The number of hydrogen-bond donors (Lipinski definition) is 0. The van der Waals surface area contributed by atoms with Crippen LogP contribution in [0.2, 0.25) is 5.02 Å². The zero-order valence-electron chi connectivity index (χ0n) is 16.1. The molecule has 0 aliphatic heterocycles. The summed E-state index contributed by atoms with van der Waals surface area (Å²) in [6, 6.07) is 21.3. The molecular weight excluding hydrogens is 372 g/mol. The van der Waals surface area contributed by atoms with Gasteiger partial charge in [0.1, 0.15) is 0 Å². The van der Waals surface area contributed by atoms with Crippen molar-refractivity contribution in [2.75, 3.05) is 20.3 Å². The molecule has 4 nitrogen and oxygen atoms in total. The summed E-state index contributed by atoms with van der Waals surface area (Å²) in [5.41, 5.74) is 2.83. The van der Waals surface area contributed by atoms with Gasteiger partial charge in [-0.25, -0.2) is 0 Å². The maximum absolute atomic E-state index is 13.0. The second kappa shape index (κ2) is 10.1. The Labute approximate surface area is 171 Å². The number of halogens is 1. The third-order valence-corrected chi connectivity index (χ3v) is 5.03. The van der Waals surface area contributed by atoms with Crippen LogP contribution < -0.4 is 0 Å². The first-order valence-corrected chi connectivity index (χ1v) is 9.77. The van der Waals surface area contributed by atoms with Crippen LogP contribution in [0, 0.1) is 0 Å². The van der Waals surface area contributed by atoms with Gasteiger partial charge in [0, 0.05) is 49.3 Å². The van der Waals surface area contributed by atoms with E-state index in [-0.39, 0.29) is 5.91 Å². The minimum absolute atomic E-state index is 0.0298. The van der Waals surface area contributed by atoms with Crippen molar-refractivity contribution in [2.24, 2.45) is 0 Å². The van der Waals surface area contributed by atoms with E-state index in [2.05, 4.69) is 10.6 Å². The second-order valence-corrected chi connectivity index (χ2v) is 7.07. The van der Waals surface area contributed by atoms with E-state index in [1.165, 1.54) is 0 Å². The fourth-order valence-electron chi connectivity index (χ4n) is 3.17. The number of benzene rings is 2. The summed E-state index contributed by atoms with van der Waals surface area (Å²) in [5, 5.41) is 0.750. The van der Waals surface area contributed by atoms with Crippen LogP contribution in [0.25, 0.3) is 0 Å². The molecule has 1 heterocycles. The van der Waals surface area contributed by atoms with Crippen LogP contribution in [0.5, 0.6) is 0 Å². The Balaban J connectivity index is 1.78. The summed E-state index contributed by atoms with van der Waals surface area (Å²) in [6.07, 6.45) is 2.82. The maximum atomic E-state index is 13.0. The molecule has 0 N–H and O–H groups in total. The molecule has 0 unspecified atom stereocenters. The third kappa shape index (κ3) is 5.24. The van der Waals surface area contributed by atoms with Gasteiger partial charge < -0.3 is 14.2 Å². The van der Waals surface area contributed by atoms with Gasteiger partial charge in [-0.3, -0.25) is 4.79 Å². The Bertz CT molecular complexity index is 892. The smallest absolute Gasteiger partial charge is 0.254 e. The lowest BCUT2D eigenvalue weighted by Gasteiger charge is -2.24. The van der Waals surface area contributed by atoms with Crippen LogP contribution in [-0.2, 0) is 17.8 Å². The van der Waals surface area contributed by atoms with Gasteiger partial charge in [0.25, 0.3) is 5.91 Å². The van der Waals surface area contributed by atoms with E-state index in [4.69, 9.17) is 16.3 Å². The first-order chi connectivity index (χ1) is 13.7. The van der Waals surface area contributed by atoms with Crippen molar-refractivity contribution in [1.82, 2.24) is 9.47 Å². The lowest BCUT2D eigenvalue weighted by Crippen LogP contribution is -2.33. The largest absolute Gasteiger partial charge is 0.385 e. The molecule has 0 aliphatic carbocycles. The average Bonchev–Trinajstić information content (AvgIpc) is 3.16. The van der Waals surface area contributed by atoms with E-state index in [1.807, 2.05) is 71.8 Å². The van der Waals surface area contributed by atoms with Gasteiger partial charge in [-0.2, -0.15) is 0 Å². The summed E-state index contributed by atoms with van der Waals surface area (Å²) >= 11 is 6.32. The third-order valence-electron chi connectivity index (χ3n) is 4.66. The molecular formula is C23H25ClN2O2. The quantitative estimate of drug-likeness (QED) is 0.483. The van der Waals surface area contributed by atoms with Crippen molar-refractivity contribution in [3.05, 3.63) is 94.8 Å². The van der Waals surface area contributed by atoms with Crippen molar-refractivity contribution in [3.8, 4) is 0 Å². The highest BCUT2D eigenvalue weighted by Gasteiger charge is 2.17. The first-order valence-electron chi connectivity index (χ1n) is 9.39. The van der Waals surface area contributed by atoms with Crippen LogP contribution in [-0.4, -0.2) is 35.6 Å². The summed E-state index contributed by atoms with van der Waals surface area (Å²) in [6.45, 7) is 2.47. The summed E-state index contributed by atoms with van der Waals surface area (Å²) in [5.74, 6) is 0.0298. The number of aromatic nitrogens is 1. The van der Waals surface area contributed by atoms with Crippen LogP contribution in [0.1, 0.15) is 28.0 Å². The molecule has 28 heavy (non-hydrogen) atoms. The fourth-order valence-corrected chi connectivity index (χ4v) is 3.36. The molecule has 2 aromatic carbocycles. The molecule has 0 saturated carbocycles. The van der Waals surface area contributed by atoms with Crippen LogP contribution in [0.15, 0.2) is 72.9 Å². The predicted octanol–water partition coefficient (Wildman–Crippen LogP) is 4.87. The molecule has 5 heteroatoms. The van der Waals surface area contributed by atoms with Crippen molar-refractivity contribution in [2.45, 2.75) is 19.5 Å². The van der Waals surface area contributed by atoms with Gasteiger partial charge >= 0.3 is 0 Å². The van der Waals surface area contributed by atoms with Gasteiger partial charge in [-0.15, -0.1) is 0 Å². The number of carbonyl (C=O) groups is 1. The molecule has 0 saturated heterocycles. The van der Waals surface area contributed by atoms with E-state index in [1.54, 1.807) is 7.11 Å². The van der Waals surface area contributed by atoms with Gasteiger partial charge in [-0.1, -0.05) is 48.0 Å². The number of ether oxygens (including phenoxy) is 1. The Morgan fingerprint density at radius 1 is 1.04 bits per heavy atom. The summed E-state index contributed by atoms with van der Waals surface area (Å²) in [7, 11) is 1.68. The minimum Gasteiger partial charge on any atom is -0.385 e. The molecule has 3 aromatic rings. The number of hydrogen-bond acceptors (Lipinski definition) is 2. The molecule has 1 aromatic heterocycles. The molecule has 3 rings (SSSR count). The van der Waals surface area contributed by atoms with Crippen LogP contribution in [0.3, 0.4) is 0 Å². The highest BCUT2D eigenvalue weighted by molar-refractivity contribution is 6.31. The number of nitrogens with zero attached hydrogens (tertiary/aromatic N) is 2. The average molecular weight is 397 g/mol. The van der Waals surface area contributed by atoms with E-state index in [9.17, 15) is 4.79 Å². The van der Waals surface area contributed by atoms with Crippen LogP contribution in [0.4, 0.5) is 0 Å².